The number of ether oxygens (including phenoxy) is 2. The fourth-order valence-corrected chi connectivity index (χ4v) is 2.70. The van der Waals surface area contributed by atoms with Crippen LogP contribution in [-0.4, -0.2) is 19.1 Å². The molecule has 1 unspecified atom stereocenters. The molecule has 2 rings (SSSR count). The average Bonchev–Trinajstić information content (AvgIpc) is 2.66. The van der Waals surface area contributed by atoms with Crippen molar-refractivity contribution in [2.75, 3.05) is 13.2 Å². The number of nitrogens with zero attached hydrogens (tertiary/aromatic N) is 1. The molecule has 0 saturated heterocycles. The Kier molecular flexibility index (Phi) is 7.59. The number of rotatable bonds is 8. The van der Waals surface area contributed by atoms with E-state index in [-0.39, 0.29) is 21.9 Å². The summed E-state index contributed by atoms with van der Waals surface area (Å²) in [7, 11) is 0. The molecule has 1 N–H and O–H groups in total. The number of hydrogen-bond acceptors (Lipinski definition) is 4. The number of amides is 1. The van der Waals surface area contributed by atoms with Crippen molar-refractivity contribution in [1.29, 1.82) is 5.26 Å². The van der Waals surface area contributed by atoms with E-state index >= 15 is 0 Å². The Labute approximate surface area is 166 Å². The van der Waals surface area contributed by atoms with Gasteiger partial charge in [-0.2, -0.15) is 5.26 Å². The first-order chi connectivity index (χ1) is 13.4. The molecule has 148 valence electrons. The molecule has 8 heteroatoms. The topological polar surface area (TPSA) is 71.3 Å². The van der Waals surface area contributed by atoms with E-state index < -0.39 is 23.6 Å². The van der Waals surface area contributed by atoms with Crippen LogP contribution >= 0.6 is 11.6 Å². The van der Waals surface area contributed by atoms with E-state index in [1.54, 1.807) is 13.0 Å². The number of nitriles is 1. The molecule has 0 aliphatic heterocycles. The van der Waals surface area contributed by atoms with Gasteiger partial charge in [-0.25, -0.2) is 8.78 Å². The predicted molar refractivity (Wildman–Crippen MR) is 101 cm³/mol. The van der Waals surface area contributed by atoms with Crippen molar-refractivity contribution < 1.29 is 23.0 Å². The zero-order valence-electron chi connectivity index (χ0n) is 15.4. The van der Waals surface area contributed by atoms with E-state index in [1.807, 2.05) is 6.92 Å². The molecule has 2 aromatic rings. The Balaban J connectivity index is 2.30. The van der Waals surface area contributed by atoms with Crippen LogP contribution in [0, 0.1) is 23.0 Å². The number of halogens is 3. The fraction of sp³-hybridized carbons (Fsp3) is 0.300. The van der Waals surface area contributed by atoms with E-state index in [0.717, 1.165) is 18.6 Å². The summed E-state index contributed by atoms with van der Waals surface area (Å²) in [5, 5.41) is 11.9. The molecule has 0 radical (unpaired) electrons. The Hall–Kier alpha value is -2.85. The van der Waals surface area contributed by atoms with E-state index in [2.05, 4.69) is 5.32 Å². The van der Waals surface area contributed by atoms with Crippen molar-refractivity contribution >= 4 is 17.5 Å². The van der Waals surface area contributed by atoms with Gasteiger partial charge in [0.15, 0.2) is 11.5 Å². The summed E-state index contributed by atoms with van der Waals surface area (Å²) in [6, 6.07) is 6.06. The lowest BCUT2D eigenvalue weighted by Crippen LogP contribution is -2.28. The van der Waals surface area contributed by atoms with Crippen LogP contribution in [0.2, 0.25) is 5.02 Å². The zero-order chi connectivity index (χ0) is 20.7. The first-order valence-electron chi connectivity index (χ1n) is 8.65. The van der Waals surface area contributed by atoms with Crippen molar-refractivity contribution in [2.24, 2.45) is 0 Å². The van der Waals surface area contributed by atoms with Gasteiger partial charge in [-0.1, -0.05) is 24.6 Å². The van der Waals surface area contributed by atoms with E-state index in [1.165, 1.54) is 12.1 Å². The predicted octanol–water partition coefficient (Wildman–Crippen LogP) is 4.80. The minimum atomic E-state index is -1.31. The second kappa shape index (κ2) is 9.90. The summed E-state index contributed by atoms with van der Waals surface area (Å²) in [6.45, 7) is 4.46. The first-order valence-corrected chi connectivity index (χ1v) is 9.03. The van der Waals surface area contributed by atoms with Gasteiger partial charge in [0.25, 0.3) is 5.91 Å². The van der Waals surface area contributed by atoms with E-state index in [0.29, 0.717) is 25.0 Å². The molecule has 0 aliphatic rings. The summed E-state index contributed by atoms with van der Waals surface area (Å²) >= 11 is 6.23. The number of nitrogens with one attached hydrogen (secondary N) is 1. The highest BCUT2D eigenvalue weighted by atomic mass is 35.5. The van der Waals surface area contributed by atoms with Crippen LogP contribution in [0.5, 0.6) is 11.5 Å². The molecule has 5 nitrogen and oxygen atoms in total. The van der Waals surface area contributed by atoms with Crippen molar-refractivity contribution in [3.8, 4) is 17.6 Å². The lowest BCUT2D eigenvalue weighted by Gasteiger charge is -2.16. The Morgan fingerprint density at radius 2 is 2.00 bits per heavy atom. The standard InChI is InChI=1S/C20H19ClF2N2O3/c1-3-7-28-19-15(21)8-12(9-18(19)27-4-2)20(26)25-17(11-24)14-6-5-13(22)10-16(14)23/h5-6,8-10,17H,3-4,7H2,1-2H3,(H,25,26). The monoisotopic (exact) mass is 408 g/mol. The molecule has 0 aliphatic carbocycles. The third-order valence-electron chi connectivity index (χ3n) is 3.70. The maximum Gasteiger partial charge on any atom is 0.252 e. The number of hydrogen-bond donors (Lipinski definition) is 1. The summed E-state index contributed by atoms with van der Waals surface area (Å²) in [5.41, 5.74) is -0.0312. The summed E-state index contributed by atoms with van der Waals surface area (Å²) in [6.07, 6.45) is 0.761. The van der Waals surface area contributed by atoms with Gasteiger partial charge in [0, 0.05) is 17.2 Å². The largest absolute Gasteiger partial charge is 0.490 e. The molecule has 1 amide bonds. The lowest BCUT2D eigenvalue weighted by molar-refractivity contribution is 0.0944. The number of carbonyl (C=O) groups is 1. The summed E-state index contributed by atoms with van der Waals surface area (Å²) in [5.74, 6) is -1.76. The molecule has 0 spiro atoms. The third-order valence-corrected chi connectivity index (χ3v) is 3.98. The van der Waals surface area contributed by atoms with E-state index in [9.17, 15) is 18.8 Å². The van der Waals surface area contributed by atoms with Crippen LogP contribution in [0.1, 0.15) is 42.2 Å². The van der Waals surface area contributed by atoms with Crippen molar-refractivity contribution in [2.45, 2.75) is 26.3 Å². The molecular formula is C20H19ClF2N2O3. The molecule has 0 heterocycles. The molecule has 2 aromatic carbocycles. The van der Waals surface area contributed by atoms with Gasteiger partial charge in [0.2, 0.25) is 0 Å². The third kappa shape index (κ3) is 5.11. The molecule has 0 saturated carbocycles. The van der Waals surface area contributed by atoms with Gasteiger partial charge < -0.3 is 14.8 Å². The first kappa shape index (κ1) is 21.5. The maximum atomic E-state index is 13.9. The minimum absolute atomic E-state index is 0.111. The normalized spacial score (nSPS) is 11.4. The van der Waals surface area contributed by atoms with Gasteiger partial charge >= 0.3 is 0 Å². The zero-order valence-corrected chi connectivity index (χ0v) is 16.1. The van der Waals surface area contributed by atoms with Crippen LogP contribution in [0.4, 0.5) is 8.78 Å². The number of carbonyl (C=O) groups excluding carboxylic acids is 1. The second-order valence-corrected chi connectivity index (χ2v) is 6.18. The van der Waals surface area contributed by atoms with Gasteiger partial charge in [0.05, 0.1) is 24.3 Å². The van der Waals surface area contributed by atoms with Gasteiger partial charge in [-0.05, 0) is 31.5 Å². The van der Waals surface area contributed by atoms with Crippen LogP contribution in [0.25, 0.3) is 0 Å². The smallest absolute Gasteiger partial charge is 0.252 e. The quantitative estimate of drug-likeness (QED) is 0.681. The Bertz CT molecular complexity index is 900. The van der Waals surface area contributed by atoms with Crippen molar-refractivity contribution in [3.05, 3.63) is 58.1 Å². The second-order valence-electron chi connectivity index (χ2n) is 5.77. The van der Waals surface area contributed by atoms with Gasteiger partial charge in [-0.15, -0.1) is 0 Å². The highest BCUT2D eigenvalue weighted by molar-refractivity contribution is 6.32. The van der Waals surface area contributed by atoms with Gasteiger partial charge in [0.1, 0.15) is 17.7 Å². The molecule has 0 fully saturated rings. The van der Waals surface area contributed by atoms with Crippen LogP contribution < -0.4 is 14.8 Å². The van der Waals surface area contributed by atoms with Crippen molar-refractivity contribution in [3.63, 3.8) is 0 Å². The highest BCUT2D eigenvalue weighted by Crippen LogP contribution is 2.37. The molecule has 0 bridgehead atoms. The van der Waals surface area contributed by atoms with E-state index in [4.69, 9.17) is 21.1 Å². The van der Waals surface area contributed by atoms with Crippen molar-refractivity contribution in [1.82, 2.24) is 5.32 Å². The molecule has 28 heavy (non-hydrogen) atoms. The maximum absolute atomic E-state index is 13.9. The van der Waals surface area contributed by atoms with Crippen LogP contribution in [0.15, 0.2) is 30.3 Å². The molecule has 0 aromatic heterocycles. The minimum Gasteiger partial charge on any atom is -0.490 e. The Morgan fingerprint density at radius 3 is 2.61 bits per heavy atom. The van der Waals surface area contributed by atoms with Crippen LogP contribution in [0.3, 0.4) is 0 Å². The molecule has 1 atom stereocenters. The Morgan fingerprint density at radius 1 is 1.25 bits per heavy atom. The summed E-state index contributed by atoms with van der Waals surface area (Å²) < 4.78 is 38.1. The fourth-order valence-electron chi connectivity index (χ4n) is 2.44. The molecular weight excluding hydrogens is 390 g/mol. The average molecular weight is 409 g/mol. The lowest BCUT2D eigenvalue weighted by atomic mass is 10.1. The summed E-state index contributed by atoms with van der Waals surface area (Å²) in [4.78, 5) is 12.6. The van der Waals surface area contributed by atoms with Crippen LogP contribution in [-0.2, 0) is 0 Å². The highest BCUT2D eigenvalue weighted by Gasteiger charge is 2.21. The number of benzene rings is 2. The van der Waals surface area contributed by atoms with Gasteiger partial charge in [-0.3, -0.25) is 4.79 Å². The SMILES string of the molecule is CCCOc1c(Cl)cc(C(=O)NC(C#N)c2ccc(F)cc2F)cc1OCC.